The molecule has 0 spiro atoms. The number of anilines is 1. The second-order valence-corrected chi connectivity index (χ2v) is 9.43. The van der Waals surface area contributed by atoms with Gasteiger partial charge < -0.3 is 19.7 Å². The molecule has 1 aliphatic carbocycles. The number of ether oxygens (including phenoxy) is 2. The van der Waals surface area contributed by atoms with Crippen LogP contribution >= 0.6 is 11.3 Å². The molecule has 1 unspecified atom stereocenters. The van der Waals surface area contributed by atoms with Crippen molar-refractivity contribution in [3.8, 4) is 11.5 Å². The number of hydrogen-bond acceptors (Lipinski definition) is 6. The van der Waals surface area contributed by atoms with Crippen LogP contribution in [0.25, 0.3) is 5.70 Å². The van der Waals surface area contributed by atoms with Gasteiger partial charge in [0.25, 0.3) is 5.91 Å². The van der Waals surface area contributed by atoms with E-state index in [4.69, 9.17) is 9.47 Å². The smallest absolute Gasteiger partial charge is 0.267 e. The Kier molecular flexibility index (Phi) is 6.30. The maximum Gasteiger partial charge on any atom is 0.267 e. The average molecular weight is 462 g/mol. The maximum atomic E-state index is 12.2. The van der Waals surface area contributed by atoms with Gasteiger partial charge in [-0.25, -0.2) is 0 Å². The summed E-state index contributed by atoms with van der Waals surface area (Å²) < 4.78 is 12.0. The molecule has 0 radical (unpaired) electrons. The zero-order chi connectivity index (χ0) is 22.6. The Morgan fingerprint density at radius 1 is 1.09 bits per heavy atom. The highest BCUT2D eigenvalue weighted by Crippen LogP contribution is 2.30. The fourth-order valence-electron chi connectivity index (χ4n) is 3.84. The number of carbonyl (C=O) groups is 1. The minimum absolute atomic E-state index is 0.135. The van der Waals surface area contributed by atoms with E-state index in [1.807, 2.05) is 24.3 Å². The molecule has 1 saturated heterocycles. The summed E-state index contributed by atoms with van der Waals surface area (Å²) in [6.07, 6.45) is 5.26. The molecular weight excluding hydrogens is 434 g/mol. The quantitative estimate of drug-likeness (QED) is 0.486. The van der Waals surface area contributed by atoms with Crippen molar-refractivity contribution in [3.63, 3.8) is 0 Å². The zero-order valence-corrected chi connectivity index (χ0v) is 19.2. The van der Waals surface area contributed by atoms with Crippen molar-refractivity contribution in [2.24, 2.45) is 5.92 Å². The van der Waals surface area contributed by atoms with Gasteiger partial charge in [-0.05, 0) is 72.9 Å². The summed E-state index contributed by atoms with van der Waals surface area (Å²) in [4.78, 5) is 19.0. The van der Waals surface area contributed by atoms with Crippen molar-refractivity contribution in [2.75, 3.05) is 24.6 Å². The van der Waals surface area contributed by atoms with Gasteiger partial charge in [0.1, 0.15) is 22.5 Å². The highest BCUT2D eigenvalue weighted by atomic mass is 32.1. The van der Waals surface area contributed by atoms with Gasteiger partial charge in [0.15, 0.2) is 0 Å². The Morgan fingerprint density at radius 2 is 1.85 bits per heavy atom. The Labute approximate surface area is 197 Å². The van der Waals surface area contributed by atoms with E-state index in [9.17, 15) is 4.79 Å². The van der Waals surface area contributed by atoms with Crippen LogP contribution in [0.5, 0.6) is 11.5 Å². The molecule has 2 aromatic carbocycles. The van der Waals surface area contributed by atoms with Crippen molar-refractivity contribution in [1.29, 1.82) is 0 Å². The number of carbonyl (C=O) groups excluding carboxylic acids is 1. The number of hydrogen-bond donors (Lipinski definition) is 1. The normalized spacial score (nSPS) is 17.6. The molecule has 170 valence electrons. The minimum Gasteiger partial charge on any atom is -0.493 e. The highest BCUT2D eigenvalue weighted by molar-refractivity contribution is 7.11. The second kappa shape index (κ2) is 9.67. The van der Waals surface area contributed by atoms with Gasteiger partial charge in [0.05, 0.1) is 24.9 Å². The summed E-state index contributed by atoms with van der Waals surface area (Å²) in [5.41, 5.74) is 4.23. The fourth-order valence-corrected chi connectivity index (χ4v) is 4.35. The number of rotatable bonds is 9. The average Bonchev–Trinajstić information content (AvgIpc) is 3.29. The SMILES string of the molecule is C=C(NC(=O)c1cncs1)c1ccc(OC2CCN(c3ccc(OCC4CC4)cc3)C2)cc1. The van der Waals surface area contributed by atoms with Gasteiger partial charge in [0.2, 0.25) is 0 Å². The van der Waals surface area contributed by atoms with Gasteiger partial charge in [-0.3, -0.25) is 9.78 Å². The summed E-state index contributed by atoms with van der Waals surface area (Å²) in [6, 6.07) is 16.1. The molecule has 6 nitrogen and oxygen atoms in total. The predicted molar refractivity (Wildman–Crippen MR) is 131 cm³/mol. The van der Waals surface area contributed by atoms with E-state index in [1.54, 1.807) is 11.7 Å². The Bertz CT molecular complexity index is 1090. The van der Waals surface area contributed by atoms with Crippen LogP contribution in [0, 0.1) is 5.92 Å². The van der Waals surface area contributed by atoms with Crippen LogP contribution in [-0.4, -0.2) is 36.7 Å². The lowest BCUT2D eigenvalue weighted by molar-refractivity contribution is 0.0977. The molecule has 5 rings (SSSR count). The summed E-state index contributed by atoms with van der Waals surface area (Å²) in [5, 5.41) is 2.82. The highest BCUT2D eigenvalue weighted by Gasteiger charge is 2.25. The van der Waals surface area contributed by atoms with Crippen LogP contribution < -0.4 is 19.7 Å². The van der Waals surface area contributed by atoms with Gasteiger partial charge in [-0.2, -0.15) is 0 Å². The standard InChI is InChI=1S/C26H27N3O3S/c1-18(28-26(30)25-14-27-17-33-25)20-4-8-23(9-5-20)32-24-12-13-29(15-24)21-6-10-22(11-7-21)31-16-19-2-3-19/h4-11,14,17,19,24H,1-3,12-13,15-16H2,(H,28,30). The molecule has 2 heterocycles. The van der Waals surface area contributed by atoms with Crippen molar-refractivity contribution in [1.82, 2.24) is 10.3 Å². The number of thiazole rings is 1. The van der Waals surface area contributed by atoms with Crippen LogP contribution in [0.2, 0.25) is 0 Å². The molecule has 1 saturated carbocycles. The van der Waals surface area contributed by atoms with Crippen molar-refractivity contribution >= 4 is 28.6 Å². The minimum atomic E-state index is -0.198. The third-order valence-electron chi connectivity index (χ3n) is 5.96. The third-order valence-corrected chi connectivity index (χ3v) is 6.73. The van der Waals surface area contributed by atoms with Crippen LogP contribution in [0.1, 0.15) is 34.5 Å². The first kappa shape index (κ1) is 21.5. The lowest BCUT2D eigenvalue weighted by atomic mass is 10.1. The van der Waals surface area contributed by atoms with E-state index in [1.165, 1.54) is 29.9 Å². The first-order chi connectivity index (χ1) is 16.1. The maximum absolute atomic E-state index is 12.2. The monoisotopic (exact) mass is 461 g/mol. The molecule has 1 atom stereocenters. The predicted octanol–water partition coefficient (Wildman–Crippen LogP) is 4.99. The molecule has 2 aliphatic rings. The van der Waals surface area contributed by atoms with Gasteiger partial charge in [0, 0.05) is 24.4 Å². The molecule has 1 aromatic heterocycles. The molecule has 1 amide bonds. The number of amides is 1. The third kappa shape index (κ3) is 5.54. The Balaban J connectivity index is 1.11. The number of benzene rings is 2. The van der Waals surface area contributed by atoms with Crippen LogP contribution in [0.4, 0.5) is 5.69 Å². The Morgan fingerprint density at radius 3 is 2.55 bits per heavy atom. The van der Waals surface area contributed by atoms with Crippen molar-refractivity contribution in [3.05, 3.63) is 77.3 Å². The molecule has 7 heteroatoms. The van der Waals surface area contributed by atoms with Crippen molar-refractivity contribution < 1.29 is 14.3 Å². The van der Waals surface area contributed by atoms with Crippen LogP contribution in [-0.2, 0) is 0 Å². The van der Waals surface area contributed by atoms with Crippen LogP contribution in [0.15, 0.2) is 66.8 Å². The molecular formula is C26H27N3O3S. The fraction of sp³-hybridized carbons (Fsp3) is 0.308. The first-order valence-corrected chi connectivity index (χ1v) is 12.2. The lowest BCUT2D eigenvalue weighted by Gasteiger charge is -2.19. The summed E-state index contributed by atoms with van der Waals surface area (Å²) in [5.74, 6) is 2.32. The van der Waals surface area contributed by atoms with Gasteiger partial charge in [-0.1, -0.05) is 6.58 Å². The summed E-state index contributed by atoms with van der Waals surface area (Å²) in [7, 11) is 0. The Hall–Kier alpha value is -3.32. The lowest BCUT2D eigenvalue weighted by Crippen LogP contribution is -2.24. The zero-order valence-electron chi connectivity index (χ0n) is 18.4. The van der Waals surface area contributed by atoms with E-state index in [0.29, 0.717) is 10.6 Å². The summed E-state index contributed by atoms with van der Waals surface area (Å²) in [6.45, 7) is 6.63. The molecule has 3 aromatic rings. The second-order valence-electron chi connectivity index (χ2n) is 8.55. The van der Waals surface area contributed by atoms with E-state index in [-0.39, 0.29) is 12.0 Å². The van der Waals surface area contributed by atoms with E-state index in [2.05, 4.69) is 46.0 Å². The molecule has 33 heavy (non-hydrogen) atoms. The largest absolute Gasteiger partial charge is 0.493 e. The molecule has 0 bridgehead atoms. The number of nitrogens with zero attached hydrogens (tertiary/aromatic N) is 2. The van der Waals surface area contributed by atoms with Gasteiger partial charge in [-0.15, -0.1) is 11.3 Å². The number of nitrogens with one attached hydrogen (secondary N) is 1. The molecule has 1 aliphatic heterocycles. The summed E-state index contributed by atoms with van der Waals surface area (Å²) >= 11 is 1.30. The molecule has 2 fully saturated rings. The van der Waals surface area contributed by atoms with Crippen molar-refractivity contribution in [2.45, 2.75) is 25.4 Å². The van der Waals surface area contributed by atoms with Gasteiger partial charge >= 0.3 is 0 Å². The topological polar surface area (TPSA) is 63.7 Å². The van der Waals surface area contributed by atoms with E-state index in [0.717, 1.165) is 49.1 Å². The number of aromatic nitrogens is 1. The first-order valence-electron chi connectivity index (χ1n) is 11.3. The van der Waals surface area contributed by atoms with E-state index >= 15 is 0 Å². The van der Waals surface area contributed by atoms with Crippen LogP contribution in [0.3, 0.4) is 0 Å². The van der Waals surface area contributed by atoms with E-state index < -0.39 is 0 Å². The molecule has 1 N–H and O–H groups in total.